The van der Waals surface area contributed by atoms with Crippen LogP contribution < -0.4 is 5.69 Å². The fraction of sp³-hybridized carbons (Fsp3) is 0.600. The summed E-state index contributed by atoms with van der Waals surface area (Å²) in [6.07, 6.45) is 3.06. The van der Waals surface area contributed by atoms with E-state index >= 15 is 0 Å². The molecule has 1 aromatic heterocycles. The molecule has 0 atom stereocenters. The van der Waals surface area contributed by atoms with E-state index in [9.17, 15) is 9.59 Å². The molecule has 0 saturated carbocycles. The minimum Gasteiger partial charge on any atom is -0.481 e. The van der Waals surface area contributed by atoms with Crippen LogP contribution in [-0.4, -0.2) is 20.6 Å². The van der Waals surface area contributed by atoms with Gasteiger partial charge in [-0.2, -0.15) is 0 Å². The molecular formula is C10H16N2O3. The Kier molecular flexibility index (Phi) is 2.51. The zero-order valence-electron chi connectivity index (χ0n) is 9.37. The zero-order chi connectivity index (χ0) is 11.9. The second-order valence-electron chi connectivity index (χ2n) is 4.62. The molecule has 0 aliphatic heterocycles. The summed E-state index contributed by atoms with van der Waals surface area (Å²) in [4.78, 5) is 25.1. The van der Waals surface area contributed by atoms with E-state index in [0.717, 1.165) is 0 Å². The largest absolute Gasteiger partial charge is 0.481 e. The molecule has 0 aliphatic rings. The third-order valence-electron chi connectivity index (χ3n) is 3.32. The van der Waals surface area contributed by atoms with E-state index in [1.807, 2.05) is 0 Å². The quantitative estimate of drug-likeness (QED) is 0.785. The molecule has 0 spiro atoms. The molecule has 0 radical (unpaired) electrons. The van der Waals surface area contributed by atoms with Gasteiger partial charge >= 0.3 is 11.7 Å². The summed E-state index contributed by atoms with van der Waals surface area (Å²) in [7, 11) is 0. The Bertz CT molecular complexity index is 426. The third kappa shape index (κ3) is 1.58. The van der Waals surface area contributed by atoms with Gasteiger partial charge in [-0.1, -0.05) is 0 Å². The standard InChI is InChI=1S/C10H16N2O3/c1-9(2,7(13)14)10(3,4)12-6-5-11-8(12)15/h5-6H,1-4H3,(H,11,15)(H,13,14). The predicted molar refractivity (Wildman–Crippen MR) is 55.8 cm³/mol. The van der Waals surface area contributed by atoms with E-state index in [1.54, 1.807) is 33.9 Å². The number of carbonyl (C=O) groups is 1. The molecule has 0 unspecified atom stereocenters. The molecule has 0 aliphatic carbocycles. The summed E-state index contributed by atoms with van der Waals surface area (Å²) in [6.45, 7) is 6.68. The van der Waals surface area contributed by atoms with E-state index in [0.29, 0.717) is 0 Å². The summed E-state index contributed by atoms with van der Waals surface area (Å²) >= 11 is 0. The monoisotopic (exact) mass is 212 g/mol. The van der Waals surface area contributed by atoms with Gasteiger partial charge in [0.05, 0.1) is 11.0 Å². The maximum Gasteiger partial charge on any atom is 0.326 e. The van der Waals surface area contributed by atoms with Crippen LogP contribution in [0.25, 0.3) is 0 Å². The predicted octanol–water partition coefficient (Wildman–Crippen LogP) is 1.02. The molecule has 15 heavy (non-hydrogen) atoms. The number of imidazole rings is 1. The van der Waals surface area contributed by atoms with E-state index in [4.69, 9.17) is 5.11 Å². The van der Waals surface area contributed by atoms with Crippen LogP contribution in [0.1, 0.15) is 27.7 Å². The Labute approximate surface area is 87.7 Å². The van der Waals surface area contributed by atoms with Gasteiger partial charge < -0.3 is 10.1 Å². The molecule has 1 heterocycles. The Balaban J connectivity index is 3.31. The van der Waals surface area contributed by atoms with Crippen molar-refractivity contribution in [2.45, 2.75) is 33.2 Å². The second kappa shape index (κ2) is 3.25. The Hall–Kier alpha value is -1.52. The summed E-state index contributed by atoms with van der Waals surface area (Å²) in [5.74, 6) is -0.930. The summed E-state index contributed by atoms with van der Waals surface area (Å²) in [5, 5.41) is 9.14. The fourth-order valence-electron chi connectivity index (χ4n) is 1.32. The average Bonchev–Trinajstić information content (AvgIpc) is 2.51. The molecule has 5 nitrogen and oxygen atoms in total. The topological polar surface area (TPSA) is 75.1 Å². The highest BCUT2D eigenvalue weighted by molar-refractivity contribution is 5.75. The number of carboxylic acids is 1. The van der Waals surface area contributed by atoms with Crippen molar-refractivity contribution < 1.29 is 9.90 Å². The molecule has 1 rings (SSSR count). The highest BCUT2D eigenvalue weighted by Gasteiger charge is 2.45. The number of nitrogens with zero attached hydrogens (tertiary/aromatic N) is 1. The fourth-order valence-corrected chi connectivity index (χ4v) is 1.32. The van der Waals surface area contributed by atoms with Crippen molar-refractivity contribution in [2.75, 3.05) is 0 Å². The van der Waals surface area contributed by atoms with E-state index < -0.39 is 16.9 Å². The molecule has 0 saturated heterocycles. The van der Waals surface area contributed by atoms with Gasteiger partial charge in [-0.05, 0) is 27.7 Å². The van der Waals surface area contributed by atoms with Crippen molar-refractivity contribution in [1.82, 2.24) is 9.55 Å². The van der Waals surface area contributed by atoms with Gasteiger partial charge in [0, 0.05) is 12.4 Å². The van der Waals surface area contributed by atoms with Gasteiger partial charge in [0.15, 0.2) is 0 Å². The van der Waals surface area contributed by atoms with Crippen LogP contribution in [-0.2, 0) is 10.3 Å². The molecule has 2 N–H and O–H groups in total. The van der Waals surface area contributed by atoms with Crippen LogP contribution in [0.2, 0.25) is 0 Å². The van der Waals surface area contributed by atoms with E-state index in [1.165, 1.54) is 10.8 Å². The number of nitrogens with one attached hydrogen (secondary N) is 1. The molecule has 0 amide bonds. The first-order valence-corrected chi connectivity index (χ1v) is 4.71. The summed E-state index contributed by atoms with van der Waals surface area (Å²) < 4.78 is 1.40. The second-order valence-corrected chi connectivity index (χ2v) is 4.62. The highest BCUT2D eigenvalue weighted by atomic mass is 16.4. The number of carboxylic acid groups (broad SMARTS) is 1. The van der Waals surface area contributed by atoms with Crippen LogP contribution in [0, 0.1) is 5.41 Å². The maximum atomic E-state index is 11.4. The van der Waals surface area contributed by atoms with Gasteiger partial charge in [-0.15, -0.1) is 0 Å². The van der Waals surface area contributed by atoms with Crippen molar-refractivity contribution in [2.24, 2.45) is 5.41 Å². The highest BCUT2D eigenvalue weighted by Crippen LogP contribution is 2.36. The van der Waals surface area contributed by atoms with E-state index in [2.05, 4.69) is 4.98 Å². The van der Waals surface area contributed by atoms with Crippen LogP contribution in [0.3, 0.4) is 0 Å². The molecular weight excluding hydrogens is 196 g/mol. The lowest BCUT2D eigenvalue weighted by molar-refractivity contribution is -0.153. The number of aliphatic carboxylic acids is 1. The SMILES string of the molecule is CC(C)(C(=O)O)C(C)(C)n1cc[nH]c1=O. The van der Waals surface area contributed by atoms with Crippen LogP contribution in [0.5, 0.6) is 0 Å². The molecule has 5 heteroatoms. The van der Waals surface area contributed by atoms with Crippen molar-refractivity contribution in [3.05, 3.63) is 22.9 Å². The van der Waals surface area contributed by atoms with Gasteiger partial charge in [-0.3, -0.25) is 9.36 Å². The zero-order valence-corrected chi connectivity index (χ0v) is 9.37. The molecule has 1 aromatic rings. The molecule has 84 valence electrons. The first kappa shape index (κ1) is 11.6. The molecule has 0 fully saturated rings. The molecule has 0 bridgehead atoms. The van der Waals surface area contributed by atoms with Crippen LogP contribution in [0.4, 0.5) is 0 Å². The number of hydrogen-bond donors (Lipinski definition) is 2. The lowest BCUT2D eigenvalue weighted by Gasteiger charge is -2.38. The maximum absolute atomic E-state index is 11.4. The average molecular weight is 212 g/mol. The Morgan fingerprint density at radius 3 is 2.27 bits per heavy atom. The van der Waals surface area contributed by atoms with E-state index in [-0.39, 0.29) is 5.69 Å². The van der Waals surface area contributed by atoms with Gasteiger partial charge in [0.2, 0.25) is 0 Å². The lowest BCUT2D eigenvalue weighted by atomic mass is 9.74. The summed E-state index contributed by atoms with van der Waals surface area (Å²) in [5.41, 5.74) is -2.12. The van der Waals surface area contributed by atoms with Gasteiger partial charge in [0.1, 0.15) is 0 Å². The lowest BCUT2D eigenvalue weighted by Crippen LogP contribution is -2.50. The van der Waals surface area contributed by atoms with Crippen molar-refractivity contribution in [3.8, 4) is 0 Å². The number of aromatic amines is 1. The van der Waals surface area contributed by atoms with Gasteiger partial charge in [0.25, 0.3) is 0 Å². The number of rotatable bonds is 3. The number of H-pyrrole nitrogens is 1. The Morgan fingerprint density at radius 2 is 1.93 bits per heavy atom. The smallest absolute Gasteiger partial charge is 0.326 e. The summed E-state index contributed by atoms with van der Waals surface area (Å²) in [6, 6.07) is 0. The third-order valence-corrected chi connectivity index (χ3v) is 3.32. The van der Waals surface area contributed by atoms with Gasteiger partial charge in [-0.25, -0.2) is 4.79 Å². The first-order valence-electron chi connectivity index (χ1n) is 4.71. The number of aromatic nitrogens is 2. The van der Waals surface area contributed by atoms with Crippen LogP contribution in [0.15, 0.2) is 17.2 Å². The van der Waals surface area contributed by atoms with Crippen LogP contribution >= 0.6 is 0 Å². The Morgan fingerprint density at radius 1 is 1.40 bits per heavy atom. The van der Waals surface area contributed by atoms with Crippen molar-refractivity contribution in [3.63, 3.8) is 0 Å². The first-order chi connectivity index (χ1) is 6.71. The van der Waals surface area contributed by atoms with Crippen molar-refractivity contribution >= 4 is 5.97 Å². The normalized spacial score (nSPS) is 12.8. The minimum atomic E-state index is -1.03. The molecule has 0 aromatic carbocycles. The number of hydrogen-bond acceptors (Lipinski definition) is 2. The minimum absolute atomic E-state index is 0.297. The van der Waals surface area contributed by atoms with Crippen molar-refractivity contribution in [1.29, 1.82) is 0 Å².